The van der Waals surface area contributed by atoms with Crippen molar-refractivity contribution in [3.05, 3.63) is 35.4 Å². The number of benzene rings is 1. The monoisotopic (exact) mass is 244 g/mol. The number of carbonyl (C=O) groups excluding carboxylic acids is 1. The van der Waals surface area contributed by atoms with Gasteiger partial charge in [-0.15, -0.1) is 0 Å². The van der Waals surface area contributed by atoms with Gasteiger partial charge in [0, 0.05) is 7.11 Å². The minimum Gasteiger partial charge on any atom is -0.381 e. The predicted octanol–water partition coefficient (Wildman–Crippen LogP) is 1.37. The Morgan fingerprint density at radius 3 is 2.94 bits per heavy atom. The summed E-state index contributed by atoms with van der Waals surface area (Å²) in [5.41, 5.74) is 1.31. The van der Waals surface area contributed by atoms with Crippen LogP contribution in [0, 0.1) is 11.3 Å². The lowest BCUT2D eigenvalue weighted by atomic mass is 9.77. The zero-order valence-corrected chi connectivity index (χ0v) is 10.6. The Morgan fingerprint density at radius 1 is 1.61 bits per heavy atom. The molecule has 1 aliphatic rings. The highest BCUT2D eigenvalue weighted by Gasteiger charge is 2.35. The highest BCUT2D eigenvalue weighted by Crippen LogP contribution is 2.35. The number of hydrogen-bond acceptors (Lipinski definition) is 3. The fourth-order valence-corrected chi connectivity index (χ4v) is 2.24. The van der Waals surface area contributed by atoms with Crippen molar-refractivity contribution in [1.82, 2.24) is 5.32 Å². The lowest BCUT2D eigenvalue weighted by Crippen LogP contribution is -2.51. The normalized spacial score (nSPS) is 19.9. The number of rotatable bonds is 4. The minimum atomic E-state index is -0.962. The molecule has 1 aromatic carbocycles. The van der Waals surface area contributed by atoms with Gasteiger partial charge >= 0.3 is 0 Å². The summed E-state index contributed by atoms with van der Waals surface area (Å²) in [4.78, 5) is 12.1. The van der Waals surface area contributed by atoms with E-state index in [4.69, 9.17) is 10.00 Å². The maximum Gasteiger partial charge on any atom is 0.229 e. The molecular formula is C14H16N2O2. The van der Waals surface area contributed by atoms with Gasteiger partial charge in [0.2, 0.25) is 5.91 Å². The third-order valence-electron chi connectivity index (χ3n) is 3.25. The lowest BCUT2D eigenvalue weighted by Gasteiger charge is -2.32. The van der Waals surface area contributed by atoms with Gasteiger partial charge in [-0.1, -0.05) is 24.3 Å². The van der Waals surface area contributed by atoms with E-state index in [0.717, 1.165) is 12.0 Å². The molecule has 0 spiro atoms. The van der Waals surface area contributed by atoms with Crippen LogP contribution in [0.15, 0.2) is 24.3 Å². The van der Waals surface area contributed by atoms with Crippen LogP contribution in [0.3, 0.4) is 0 Å². The van der Waals surface area contributed by atoms with Crippen molar-refractivity contribution in [3.63, 3.8) is 0 Å². The summed E-state index contributed by atoms with van der Waals surface area (Å²) in [5, 5.41) is 11.9. The molecule has 0 aliphatic heterocycles. The van der Waals surface area contributed by atoms with Gasteiger partial charge in [-0.05, 0) is 24.5 Å². The number of fused-ring (bicyclic) bond motifs is 1. The maximum atomic E-state index is 12.1. The Balaban J connectivity index is 2.05. The predicted molar refractivity (Wildman–Crippen MR) is 66.9 cm³/mol. The van der Waals surface area contributed by atoms with Crippen molar-refractivity contribution in [3.8, 4) is 6.07 Å². The summed E-state index contributed by atoms with van der Waals surface area (Å²) >= 11 is 0. The Bertz CT molecular complexity index is 507. The first kappa shape index (κ1) is 12.6. The standard InChI is InChI=1S/C14H16N2O2/c1-14(8-15,9-18-2)16-13(17)12-7-10-5-3-4-6-11(10)12/h3-6,12H,7,9H2,1-2H3,(H,16,17). The smallest absolute Gasteiger partial charge is 0.229 e. The van der Waals surface area contributed by atoms with Gasteiger partial charge < -0.3 is 10.1 Å². The van der Waals surface area contributed by atoms with Crippen molar-refractivity contribution in [2.24, 2.45) is 0 Å². The molecule has 0 saturated carbocycles. The van der Waals surface area contributed by atoms with E-state index in [1.807, 2.05) is 24.3 Å². The molecule has 0 bridgehead atoms. The van der Waals surface area contributed by atoms with E-state index in [1.165, 1.54) is 12.7 Å². The molecule has 0 heterocycles. The topological polar surface area (TPSA) is 62.1 Å². The van der Waals surface area contributed by atoms with Gasteiger partial charge in [-0.3, -0.25) is 4.79 Å². The summed E-state index contributed by atoms with van der Waals surface area (Å²) in [6.07, 6.45) is 0.747. The molecule has 2 rings (SSSR count). The van der Waals surface area contributed by atoms with Crippen LogP contribution in [-0.2, 0) is 16.0 Å². The van der Waals surface area contributed by atoms with E-state index in [9.17, 15) is 4.79 Å². The van der Waals surface area contributed by atoms with Gasteiger partial charge in [0.05, 0.1) is 18.6 Å². The third kappa shape index (κ3) is 2.22. The van der Waals surface area contributed by atoms with E-state index in [-0.39, 0.29) is 18.4 Å². The summed E-state index contributed by atoms with van der Waals surface area (Å²) in [6, 6.07) is 9.96. The number of nitriles is 1. The molecule has 1 aromatic rings. The highest BCUT2D eigenvalue weighted by atomic mass is 16.5. The first-order chi connectivity index (χ1) is 8.59. The van der Waals surface area contributed by atoms with Gasteiger partial charge in [0.1, 0.15) is 5.54 Å². The Morgan fingerprint density at radius 2 is 2.33 bits per heavy atom. The Labute approximate surface area is 107 Å². The minimum absolute atomic E-state index is 0.102. The van der Waals surface area contributed by atoms with E-state index < -0.39 is 5.54 Å². The number of nitrogens with zero attached hydrogens (tertiary/aromatic N) is 1. The zero-order valence-electron chi connectivity index (χ0n) is 10.6. The van der Waals surface area contributed by atoms with Crippen molar-refractivity contribution < 1.29 is 9.53 Å². The fourth-order valence-electron chi connectivity index (χ4n) is 2.24. The largest absolute Gasteiger partial charge is 0.381 e. The molecule has 18 heavy (non-hydrogen) atoms. The van der Waals surface area contributed by atoms with Crippen molar-refractivity contribution in [1.29, 1.82) is 5.26 Å². The molecule has 0 radical (unpaired) electrons. The van der Waals surface area contributed by atoms with Crippen molar-refractivity contribution in [2.75, 3.05) is 13.7 Å². The molecule has 0 saturated heterocycles. The van der Waals surface area contributed by atoms with Crippen LogP contribution in [0.1, 0.15) is 24.0 Å². The Hall–Kier alpha value is -1.86. The second kappa shape index (κ2) is 4.79. The first-order valence-electron chi connectivity index (χ1n) is 5.89. The number of carbonyl (C=O) groups is 1. The summed E-state index contributed by atoms with van der Waals surface area (Å²) in [6.45, 7) is 1.85. The SMILES string of the molecule is COCC(C)(C#N)NC(=O)C1Cc2ccccc21. The van der Waals surface area contributed by atoms with E-state index in [1.54, 1.807) is 6.92 Å². The molecular weight excluding hydrogens is 228 g/mol. The highest BCUT2D eigenvalue weighted by molar-refractivity contribution is 5.87. The average molecular weight is 244 g/mol. The molecule has 0 aromatic heterocycles. The molecule has 94 valence electrons. The molecule has 4 heteroatoms. The van der Waals surface area contributed by atoms with Gasteiger partial charge in [-0.2, -0.15) is 5.26 Å². The first-order valence-corrected chi connectivity index (χ1v) is 5.89. The summed E-state index contributed by atoms with van der Waals surface area (Å²) in [5.74, 6) is -0.236. The molecule has 2 unspecified atom stereocenters. The van der Waals surface area contributed by atoms with E-state index in [0.29, 0.717) is 0 Å². The van der Waals surface area contributed by atoms with Crippen LogP contribution in [0.25, 0.3) is 0 Å². The zero-order chi connectivity index (χ0) is 13.2. The molecule has 0 fully saturated rings. The van der Waals surface area contributed by atoms with Crippen LogP contribution in [0.4, 0.5) is 0 Å². The quantitative estimate of drug-likeness (QED) is 0.870. The van der Waals surface area contributed by atoms with E-state index in [2.05, 4.69) is 11.4 Å². The number of amides is 1. The molecule has 4 nitrogen and oxygen atoms in total. The number of methoxy groups -OCH3 is 1. The van der Waals surface area contributed by atoms with Gasteiger partial charge in [-0.25, -0.2) is 0 Å². The summed E-state index contributed by atoms with van der Waals surface area (Å²) in [7, 11) is 1.51. The number of hydrogen-bond donors (Lipinski definition) is 1. The van der Waals surface area contributed by atoms with Crippen LogP contribution in [0.5, 0.6) is 0 Å². The number of nitrogens with one attached hydrogen (secondary N) is 1. The fraction of sp³-hybridized carbons (Fsp3) is 0.429. The average Bonchev–Trinajstić information content (AvgIpc) is 2.31. The molecule has 1 aliphatic carbocycles. The van der Waals surface area contributed by atoms with Crippen LogP contribution < -0.4 is 5.32 Å². The molecule has 2 atom stereocenters. The maximum absolute atomic E-state index is 12.1. The Kier molecular flexibility index (Phi) is 3.35. The van der Waals surface area contributed by atoms with Crippen LogP contribution in [-0.4, -0.2) is 25.2 Å². The van der Waals surface area contributed by atoms with Gasteiger partial charge in [0.15, 0.2) is 0 Å². The second-order valence-corrected chi connectivity index (χ2v) is 4.82. The third-order valence-corrected chi connectivity index (χ3v) is 3.25. The van der Waals surface area contributed by atoms with Gasteiger partial charge in [0.25, 0.3) is 0 Å². The summed E-state index contributed by atoms with van der Waals surface area (Å²) < 4.78 is 4.96. The van der Waals surface area contributed by atoms with E-state index >= 15 is 0 Å². The number of ether oxygens (including phenoxy) is 1. The lowest BCUT2D eigenvalue weighted by molar-refractivity contribution is -0.124. The molecule has 1 amide bonds. The van der Waals surface area contributed by atoms with Crippen LogP contribution >= 0.6 is 0 Å². The van der Waals surface area contributed by atoms with Crippen LogP contribution in [0.2, 0.25) is 0 Å². The second-order valence-electron chi connectivity index (χ2n) is 4.82. The van der Waals surface area contributed by atoms with Crippen molar-refractivity contribution in [2.45, 2.75) is 24.8 Å². The van der Waals surface area contributed by atoms with Crippen molar-refractivity contribution >= 4 is 5.91 Å². The molecule has 1 N–H and O–H groups in total.